The quantitative estimate of drug-likeness (QED) is 0.292. The fourth-order valence-electron chi connectivity index (χ4n) is 3.99. The molecule has 3 aromatic rings. The summed E-state index contributed by atoms with van der Waals surface area (Å²) >= 11 is 1.46. The fourth-order valence-corrected chi connectivity index (χ4v) is 4.84. The largest absolute Gasteiger partial charge is 0.507 e. The van der Waals surface area contributed by atoms with Crippen molar-refractivity contribution in [2.75, 3.05) is 27.2 Å². The number of likely N-dealkylation sites (N-methyl/N-ethyl adjacent to an activating group) is 1. The van der Waals surface area contributed by atoms with Gasteiger partial charge in [0.2, 0.25) is 0 Å². The van der Waals surface area contributed by atoms with Crippen molar-refractivity contribution in [2.24, 2.45) is 0 Å². The first-order chi connectivity index (χ1) is 16.3. The van der Waals surface area contributed by atoms with Crippen LogP contribution in [0.4, 0.5) is 0 Å². The predicted octanol–water partition coefficient (Wildman–Crippen LogP) is 4.62. The van der Waals surface area contributed by atoms with E-state index in [1.807, 2.05) is 61.6 Å². The summed E-state index contributed by atoms with van der Waals surface area (Å²) in [6.07, 6.45) is 0. The lowest BCUT2D eigenvalue weighted by molar-refractivity contribution is -0.140. The van der Waals surface area contributed by atoms with Crippen molar-refractivity contribution in [2.45, 2.75) is 19.6 Å². The van der Waals surface area contributed by atoms with Crippen LogP contribution in [0.25, 0.3) is 5.76 Å². The van der Waals surface area contributed by atoms with Crippen LogP contribution in [0.3, 0.4) is 0 Å². The second-order valence-corrected chi connectivity index (χ2v) is 9.59. The number of ether oxygens (including phenoxy) is 1. The van der Waals surface area contributed by atoms with Gasteiger partial charge in [0.05, 0.1) is 11.6 Å². The van der Waals surface area contributed by atoms with E-state index in [9.17, 15) is 14.7 Å². The summed E-state index contributed by atoms with van der Waals surface area (Å²) < 4.78 is 5.87. The summed E-state index contributed by atoms with van der Waals surface area (Å²) in [7, 11) is 3.83. The number of amides is 1. The third-order valence-corrected chi connectivity index (χ3v) is 6.68. The molecule has 2 aromatic carbocycles. The van der Waals surface area contributed by atoms with Gasteiger partial charge in [0.1, 0.15) is 18.1 Å². The van der Waals surface area contributed by atoms with E-state index in [1.54, 1.807) is 29.2 Å². The zero-order valence-corrected chi connectivity index (χ0v) is 20.3. The monoisotopic (exact) mass is 476 g/mol. The van der Waals surface area contributed by atoms with E-state index >= 15 is 0 Å². The first kappa shape index (κ1) is 23.7. The minimum absolute atomic E-state index is 0.125. The van der Waals surface area contributed by atoms with E-state index in [2.05, 4.69) is 6.07 Å². The highest BCUT2D eigenvalue weighted by molar-refractivity contribution is 7.10. The standard InChI is InChI=1S/C27H28N2O4S/c1-18-6-4-7-19(16-18)17-33-21-11-9-20(10-12-21)25(30)23-24(22-8-5-15-34-22)29(14-13-28(2)3)27(32)26(23)31/h4-12,15-16,24,30H,13-14,17H2,1-3H3/b25-23+/t24-/m0/s1. The Hall–Kier alpha value is -3.42. The van der Waals surface area contributed by atoms with Gasteiger partial charge in [0.25, 0.3) is 11.7 Å². The smallest absolute Gasteiger partial charge is 0.295 e. The fraction of sp³-hybridized carbons (Fsp3) is 0.259. The lowest BCUT2D eigenvalue weighted by atomic mass is 10.00. The average Bonchev–Trinajstić information content (AvgIpc) is 3.43. The van der Waals surface area contributed by atoms with Crippen LogP contribution >= 0.6 is 11.3 Å². The zero-order chi connectivity index (χ0) is 24.2. The van der Waals surface area contributed by atoms with Crippen LogP contribution in [0.1, 0.15) is 27.6 Å². The lowest BCUT2D eigenvalue weighted by Gasteiger charge is -2.25. The van der Waals surface area contributed by atoms with Gasteiger partial charge in [-0.25, -0.2) is 0 Å². The van der Waals surface area contributed by atoms with E-state index in [0.717, 1.165) is 10.4 Å². The summed E-state index contributed by atoms with van der Waals surface area (Å²) in [5.41, 5.74) is 2.83. The molecule has 0 radical (unpaired) electrons. The Bertz CT molecular complexity index is 1200. The maximum Gasteiger partial charge on any atom is 0.295 e. The van der Waals surface area contributed by atoms with Gasteiger partial charge in [-0.15, -0.1) is 11.3 Å². The van der Waals surface area contributed by atoms with Gasteiger partial charge in [-0.3, -0.25) is 9.59 Å². The summed E-state index contributed by atoms with van der Waals surface area (Å²) in [5, 5.41) is 13.0. The van der Waals surface area contributed by atoms with Crippen LogP contribution in [-0.4, -0.2) is 53.8 Å². The Morgan fingerprint density at radius 1 is 1.09 bits per heavy atom. The number of nitrogens with zero attached hydrogens (tertiary/aromatic N) is 2. The summed E-state index contributed by atoms with van der Waals surface area (Å²) in [6, 6.07) is 18.2. The molecule has 1 amide bonds. The van der Waals surface area contributed by atoms with E-state index in [4.69, 9.17) is 4.74 Å². The van der Waals surface area contributed by atoms with Crippen molar-refractivity contribution >= 4 is 28.8 Å². The van der Waals surface area contributed by atoms with E-state index in [-0.39, 0.29) is 11.3 Å². The van der Waals surface area contributed by atoms with Crippen LogP contribution in [0.5, 0.6) is 5.75 Å². The van der Waals surface area contributed by atoms with Crippen LogP contribution in [0.15, 0.2) is 71.6 Å². The molecule has 1 aromatic heterocycles. The molecule has 176 valence electrons. The summed E-state index contributed by atoms with van der Waals surface area (Å²) in [5.74, 6) is -0.761. The number of rotatable bonds is 8. The highest BCUT2D eigenvalue weighted by atomic mass is 32.1. The Morgan fingerprint density at radius 3 is 2.50 bits per heavy atom. The van der Waals surface area contributed by atoms with Gasteiger partial charge in [0, 0.05) is 23.5 Å². The number of ketones is 1. The van der Waals surface area contributed by atoms with Crippen molar-refractivity contribution in [3.63, 3.8) is 0 Å². The topological polar surface area (TPSA) is 70.1 Å². The van der Waals surface area contributed by atoms with Crippen LogP contribution in [0.2, 0.25) is 0 Å². The number of thiophene rings is 1. The van der Waals surface area contributed by atoms with Gasteiger partial charge < -0.3 is 19.6 Å². The van der Waals surface area contributed by atoms with Crippen molar-refractivity contribution in [3.05, 3.63) is 93.2 Å². The number of aliphatic hydroxyl groups is 1. The third kappa shape index (κ3) is 5.05. The number of benzene rings is 2. The number of aliphatic hydroxyl groups excluding tert-OH is 1. The Morgan fingerprint density at radius 2 is 1.85 bits per heavy atom. The maximum absolute atomic E-state index is 13.0. The van der Waals surface area contributed by atoms with Crippen LogP contribution in [0, 0.1) is 6.92 Å². The van der Waals surface area contributed by atoms with Gasteiger partial charge in [-0.2, -0.15) is 0 Å². The lowest BCUT2D eigenvalue weighted by Crippen LogP contribution is -2.35. The first-order valence-electron chi connectivity index (χ1n) is 11.1. The molecule has 0 saturated carbocycles. The third-order valence-electron chi connectivity index (χ3n) is 5.76. The molecule has 1 aliphatic rings. The minimum atomic E-state index is -0.658. The number of hydrogen-bond acceptors (Lipinski definition) is 6. The number of likely N-dealkylation sites (tertiary alicyclic amines) is 1. The van der Waals surface area contributed by atoms with Gasteiger partial charge >= 0.3 is 0 Å². The molecule has 1 fully saturated rings. The molecule has 2 heterocycles. The number of carbonyl (C=O) groups is 2. The summed E-state index contributed by atoms with van der Waals surface area (Å²) in [6.45, 7) is 3.47. The highest BCUT2D eigenvalue weighted by Gasteiger charge is 2.46. The molecule has 0 aliphatic carbocycles. The Labute approximate surface area is 203 Å². The number of Topliss-reactive ketones (excluding diaryl/α,β-unsaturated/α-hetero) is 1. The number of aryl methyl sites for hydroxylation is 1. The molecule has 1 atom stereocenters. The molecule has 6 nitrogen and oxygen atoms in total. The molecule has 34 heavy (non-hydrogen) atoms. The van der Waals surface area contributed by atoms with Crippen molar-refractivity contribution in [1.29, 1.82) is 0 Å². The van der Waals surface area contributed by atoms with Crippen molar-refractivity contribution in [3.8, 4) is 5.75 Å². The average molecular weight is 477 g/mol. The molecule has 0 spiro atoms. The molecular formula is C27H28N2O4S. The first-order valence-corrected chi connectivity index (χ1v) is 12.0. The van der Waals surface area contributed by atoms with E-state index in [1.165, 1.54) is 16.9 Å². The molecular weight excluding hydrogens is 448 g/mol. The molecule has 7 heteroatoms. The van der Waals surface area contributed by atoms with Crippen LogP contribution in [-0.2, 0) is 16.2 Å². The summed E-state index contributed by atoms with van der Waals surface area (Å²) in [4.78, 5) is 30.2. The van der Waals surface area contributed by atoms with E-state index in [0.29, 0.717) is 31.0 Å². The Balaban J connectivity index is 1.60. The maximum atomic E-state index is 13.0. The Kier molecular flexibility index (Phi) is 7.14. The van der Waals surface area contributed by atoms with Gasteiger partial charge in [-0.05, 0) is 62.3 Å². The van der Waals surface area contributed by atoms with E-state index < -0.39 is 17.7 Å². The molecule has 1 aliphatic heterocycles. The zero-order valence-electron chi connectivity index (χ0n) is 19.5. The van der Waals surface area contributed by atoms with Gasteiger partial charge in [-0.1, -0.05) is 35.9 Å². The molecule has 0 unspecified atom stereocenters. The van der Waals surface area contributed by atoms with Crippen molar-refractivity contribution in [1.82, 2.24) is 9.80 Å². The molecule has 1 saturated heterocycles. The van der Waals surface area contributed by atoms with Crippen LogP contribution < -0.4 is 4.74 Å². The highest BCUT2D eigenvalue weighted by Crippen LogP contribution is 2.41. The molecule has 0 bridgehead atoms. The minimum Gasteiger partial charge on any atom is -0.507 e. The van der Waals surface area contributed by atoms with Gasteiger partial charge in [0.15, 0.2) is 0 Å². The SMILES string of the molecule is Cc1cccc(COc2ccc(/C(O)=C3\C(=O)C(=O)N(CCN(C)C)[C@H]3c3cccs3)cc2)c1. The predicted molar refractivity (Wildman–Crippen MR) is 134 cm³/mol. The second kappa shape index (κ2) is 10.2. The van der Waals surface area contributed by atoms with Crippen molar-refractivity contribution < 1.29 is 19.4 Å². The normalized spacial score (nSPS) is 17.5. The molecule has 4 rings (SSSR count). The number of carbonyl (C=O) groups excluding carboxylic acids is 2. The number of hydrogen-bond donors (Lipinski definition) is 1. The second-order valence-electron chi connectivity index (χ2n) is 8.61. The molecule has 1 N–H and O–H groups in total.